The van der Waals surface area contributed by atoms with E-state index in [4.69, 9.17) is 4.74 Å². The number of rotatable bonds is 36. The van der Waals surface area contributed by atoms with Crippen LogP contribution in [0.2, 0.25) is 0 Å². The highest BCUT2D eigenvalue weighted by atomic mass is 32.2. The monoisotopic (exact) mass is 1680 g/mol. The lowest BCUT2D eigenvalue weighted by Gasteiger charge is -2.27. The fourth-order valence-electron chi connectivity index (χ4n) is 14.1. The van der Waals surface area contributed by atoms with Gasteiger partial charge in [0, 0.05) is 110 Å². The van der Waals surface area contributed by atoms with E-state index in [-0.39, 0.29) is 99.6 Å². The average Bonchev–Trinajstić information content (AvgIpc) is 1.59. The van der Waals surface area contributed by atoms with E-state index in [1.165, 1.54) is 55.6 Å². The Morgan fingerprint density at radius 2 is 1.45 bits per heavy atom. The number of allylic oxidation sites excluding steroid dienone is 7. The second kappa shape index (κ2) is 36.4. The van der Waals surface area contributed by atoms with Crippen LogP contribution in [0, 0.1) is 11.3 Å². The lowest BCUT2D eigenvalue weighted by Crippen LogP contribution is -2.48. The molecule has 4 atom stereocenters. The summed E-state index contributed by atoms with van der Waals surface area (Å²) in [6.45, 7) is 7.64. The summed E-state index contributed by atoms with van der Waals surface area (Å²) in [6.07, 6.45) is 9.13. The first-order valence-corrected chi connectivity index (χ1v) is 43.5. The van der Waals surface area contributed by atoms with Crippen molar-refractivity contribution in [1.29, 1.82) is 5.26 Å². The van der Waals surface area contributed by atoms with Crippen LogP contribution in [0.15, 0.2) is 136 Å². The number of nitriles is 1. The molecule has 8 N–H and O–H groups in total. The minimum absolute atomic E-state index is 0.00230. The number of aryl methyl sites for hydroxylation is 1. The number of hydrogen-bond donors (Lipinski definition) is 8. The number of likely N-dealkylation sites (tertiary alicyclic amines) is 2. The van der Waals surface area contributed by atoms with Gasteiger partial charge in [-0.05, 0) is 155 Å². The van der Waals surface area contributed by atoms with Crippen LogP contribution < -0.4 is 30.9 Å². The smallest absolute Gasteiger partial charge is 0.327 e. The fraction of sp³-hybridized carbons (Fsp3) is 0.453. The molecule has 4 aromatic rings. The number of thioether (sulfide) groups is 1. The molecule has 2 saturated heterocycles. The minimum Gasteiger partial charge on any atom is -0.744 e. The first-order valence-electron chi connectivity index (χ1n) is 36.3. The SMILES string of the molecule is C[C@H](NC(=O)c1ccnc(CNC(=O)CCC(=O)NC(CSC2CC(=O)N(CCNC(=O)CCc3ccc(OC4=C(/C=C/C5=[N+](CCCCS(=O)(=O)O)c6ccc(S(=O)(=O)[O-])cc6C5(C)C)CCC/C4=C\C=C4N(CCCCS(=O)(=O)O)c5ccc(S(=O)(=O)O)cc5C4(C)C)cc3)C2=O)C(=O)O)c1)C(=O)N1CC(F)(F)C[C@H]1C#N. The molecule has 0 bridgehead atoms. The van der Waals surface area contributed by atoms with Crippen molar-refractivity contribution >= 4 is 117 Å². The third kappa shape index (κ3) is 22.9. The summed E-state index contributed by atoms with van der Waals surface area (Å²) in [5, 5.41) is 28.2. The van der Waals surface area contributed by atoms with Gasteiger partial charge in [-0.3, -0.25) is 57.1 Å². The zero-order valence-corrected chi connectivity index (χ0v) is 66.9. The summed E-state index contributed by atoms with van der Waals surface area (Å²) in [5.41, 5.74) is 3.96. The Hall–Kier alpha value is -9.66. The van der Waals surface area contributed by atoms with Gasteiger partial charge in [0.2, 0.25) is 41.1 Å². The van der Waals surface area contributed by atoms with Gasteiger partial charge >= 0.3 is 5.97 Å². The number of halogens is 2. The summed E-state index contributed by atoms with van der Waals surface area (Å²) in [5.74, 6) is -10.0. The van der Waals surface area contributed by atoms with Crippen LogP contribution >= 0.6 is 11.8 Å². The molecule has 0 spiro atoms. The molecule has 3 aromatic carbocycles. The number of carboxylic acids is 1. The molecule has 32 nitrogen and oxygen atoms in total. The van der Waals surface area contributed by atoms with Crippen molar-refractivity contribution in [3.8, 4) is 11.8 Å². The van der Waals surface area contributed by atoms with Gasteiger partial charge in [0.15, 0.2) is 5.71 Å². The zero-order chi connectivity index (χ0) is 83.6. The number of aliphatic carboxylic acids is 1. The summed E-state index contributed by atoms with van der Waals surface area (Å²) in [4.78, 5) is 110. The highest BCUT2D eigenvalue weighted by Crippen LogP contribution is 2.49. The van der Waals surface area contributed by atoms with Gasteiger partial charge in [-0.2, -0.15) is 35.1 Å². The molecule has 2 unspecified atom stereocenters. The normalized spacial score (nSPS) is 19.3. The maximum absolute atomic E-state index is 13.9. The summed E-state index contributed by atoms with van der Waals surface area (Å²) in [6, 6.07) is 15.2. The Morgan fingerprint density at radius 1 is 0.781 bits per heavy atom. The van der Waals surface area contributed by atoms with Gasteiger partial charge in [0.25, 0.3) is 42.2 Å². The second-order valence-corrected chi connectivity index (χ2v) is 36.3. The minimum atomic E-state index is -4.89. The molecule has 614 valence electrons. The maximum atomic E-state index is 13.9. The first kappa shape index (κ1) is 88.3. The predicted octanol–water partition coefficient (Wildman–Crippen LogP) is 6.08. The van der Waals surface area contributed by atoms with E-state index in [1.54, 1.807) is 36.4 Å². The fourth-order valence-corrected chi connectivity index (χ4v) is 17.4. The van der Waals surface area contributed by atoms with Crippen LogP contribution in [0.1, 0.15) is 144 Å². The number of ether oxygens (including phenoxy) is 1. The molecule has 5 aliphatic rings. The van der Waals surface area contributed by atoms with Crippen molar-refractivity contribution in [2.45, 2.75) is 175 Å². The average molecular weight is 1680 g/mol. The Labute approximate surface area is 662 Å². The van der Waals surface area contributed by atoms with E-state index in [1.807, 2.05) is 61.5 Å². The van der Waals surface area contributed by atoms with Crippen LogP contribution in [0.3, 0.4) is 0 Å². The molecule has 7 amide bonds. The molecule has 5 heterocycles. The Bertz CT molecular complexity index is 5160. The Balaban J connectivity index is 0.819. The lowest BCUT2D eigenvalue weighted by molar-refractivity contribution is -0.438. The van der Waals surface area contributed by atoms with Crippen molar-refractivity contribution in [1.82, 2.24) is 36.1 Å². The highest BCUT2D eigenvalue weighted by Gasteiger charge is 2.49. The number of nitrogens with zero attached hydrogens (tertiary/aromatic N) is 6. The van der Waals surface area contributed by atoms with Gasteiger partial charge < -0.3 is 45.5 Å². The number of alkyl halides is 2. The standard InChI is InChI=1S/C75H88F2N10O22S5/c1-46(70(93)87-45-75(76,77)41-52(87)42-78)82-69(92)50-29-30-79-51(37-50)43-81-65(89)27-28-66(90)83-58(72(95)96)44-110-61-40-67(91)86(71(61)94)34-31-80-64(88)26-15-47-13-18-53(19-14-47)109-68-48(16-24-62-73(2,3)56-38-54(113(103,104)105)20-22-59(56)84(62)32-6-8-35-111(97,98)99)11-10-12-49(68)17-25-63-74(4,5)57-39-55(114(106,107)108)21-23-60(57)85(63)33-7-9-36-112(100,101)102/h13-14,16-25,29-30,37-39,46,52,58,61H,6-12,15,26-28,31-36,40-41,43-45H2,1-5H3,(H8-,80,81,82,83,88,89,90,92,95,96,97,98,99,100,101,102,103,104,105,106,107,108)/t46-,52-,58?,61?/m0/s1. The van der Waals surface area contributed by atoms with Crippen LogP contribution in [-0.4, -0.2) is 209 Å². The number of nitrogens with one attached hydrogen (secondary N) is 4. The molecular formula is C75H88F2N10O22S5. The van der Waals surface area contributed by atoms with E-state index >= 15 is 0 Å². The van der Waals surface area contributed by atoms with Gasteiger partial charge in [0.1, 0.15) is 46.3 Å². The summed E-state index contributed by atoms with van der Waals surface area (Å²) < 4.78 is 175. The zero-order valence-electron chi connectivity index (χ0n) is 62.8. The number of amides is 7. The molecule has 1 aromatic heterocycles. The predicted molar refractivity (Wildman–Crippen MR) is 410 cm³/mol. The van der Waals surface area contributed by atoms with Crippen molar-refractivity contribution in [3.05, 3.63) is 154 Å². The molecule has 39 heteroatoms. The van der Waals surface area contributed by atoms with Gasteiger partial charge in [-0.1, -0.05) is 32.1 Å². The second-order valence-electron chi connectivity index (χ2n) is 29.1. The van der Waals surface area contributed by atoms with Crippen molar-refractivity contribution in [2.75, 3.05) is 54.9 Å². The molecule has 0 saturated carbocycles. The summed E-state index contributed by atoms with van der Waals surface area (Å²) in [7, 11) is -18.1. The van der Waals surface area contributed by atoms with Gasteiger partial charge in [-0.25, -0.2) is 22.0 Å². The number of pyridine rings is 1. The van der Waals surface area contributed by atoms with Gasteiger partial charge in [0.05, 0.1) is 56.8 Å². The van der Waals surface area contributed by atoms with Crippen LogP contribution in [-0.2, 0) is 97.8 Å². The molecule has 1 aliphatic carbocycles. The number of fused-ring (bicyclic) bond motifs is 2. The van der Waals surface area contributed by atoms with Gasteiger partial charge in [-0.15, -0.1) is 11.8 Å². The van der Waals surface area contributed by atoms with E-state index in [9.17, 15) is 109 Å². The quantitative estimate of drug-likeness (QED) is 0.0111. The van der Waals surface area contributed by atoms with E-state index in [0.29, 0.717) is 86.3 Å². The summed E-state index contributed by atoms with van der Waals surface area (Å²) >= 11 is 0.825. The van der Waals surface area contributed by atoms with Crippen LogP contribution in [0.25, 0.3) is 0 Å². The third-order valence-corrected chi connectivity index (χ3v) is 24.6. The molecule has 114 heavy (non-hydrogen) atoms. The topological polar surface area (TPSA) is 484 Å². The van der Waals surface area contributed by atoms with Crippen molar-refractivity contribution < 1.29 is 113 Å². The number of anilines is 1. The maximum Gasteiger partial charge on any atom is 0.327 e. The van der Waals surface area contributed by atoms with E-state index in [0.717, 1.165) is 16.7 Å². The van der Waals surface area contributed by atoms with Crippen LogP contribution in [0.5, 0.6) is 5.75 Å². The number of aromatic nitrogens is 1. The number of hydrogen-bond acceptors (Lipinski definition) is 22. The highest BCUT2D eigenvalue weighted by molar-refractivity contribution is 8.00. The molecule has 4 aliphatic heterocycles. The van der Waals surface area contributed by atoms with Crippen molar-refractivity contribution in [2.24, 2.45) is 0 Å². The molecule has 2 fully saturated rings. The number of carbonyl (C=O) groups is 8. The Kier molecular flexibility index (Phi) is 28.2. The third-order valence-electron chi connectivity index (χ3n) is 20.0. The molecular weight excluding hydrogens is 1590 g/mol. The number of benzene rings is 3. The van der Waals surface area contributed by atoms with Crippen molar-refractivity contribution in [3.63, 3.8) is 0 Å². The number of carbonyl (C=O) groups excluding carboxylic acids is 7. The molecule has 0 radical (unpaired) electrons. The van der Waals surface area contributed by atoms with E-state index < -0.39 is 170 Å². The Morgan fingerprint density at radius 3 is 2.11 bits per heavy atom. The first-order chi connectivity index (χ1) is 53.3. The largest absolute Gasteiger partial charge is 0.744 e. The number of unbranched alkanes of at least 4 members (excludes halogenated alkanes) is 2. The number of imide groups is 1. The number of carboxylic acid groups (broad SMARTS) is 1. The molecule has 9 rings (SSSR count). The van der Waals surface area contributed by atoms with E-state index in [2.05, 4.69) is 26.3 Å². The lowest BCUT2D eigenvalue weighted by atomic mass is 9.81. The van der Waals surface area contributed by atoms with Crippen LogP contribution in [0.4, 0.5) is 20.2 Å².